The lowest BCUT2D eigenvalue weighted by atomic mass is 9.78. The summed E-state index contributed by atoms with van der Waals surface area (Å²) in [7, 11) is -0.768. The summed E-state index contributed by atoms with van der Waals surface area (Å²) in [6.07, 6.45) is 3.09. The Morgan fingerprint density at radius 1 is 0.929 bits per heavy atom. The highest BCUT2D eigenvalue weighted by Crippen LogP contribution is 2.11. The van der Waals surface area contributed by atoms with Gasteiger partial charge in [0.15, 0.2) is 0 Å². The average molecular weight is 383 g/mol. The third-order valence-electron chi connectivity index (χ3n) is 4.69. The molecule has 1 aliphatic rings. The maximum Gasteiger partial charge on any atom is 0.490 e. The molecule has 0 unspecified atom stereocenters. The molecule has 5 N–H and O–H groups in total. The van der Waals surface area contributed by atoms with Crippen LogP contribution < -0.4 is 15.8 Å². The number of hydrogen-bond donors (Lipinski definition) is 5. The number of aromatic nitrogens is 3. The van der Waals surface area contributed by atoms with Crippen molar-refractivity contribution in [2.24, 2.45) is 0 Å². The first kappa shape index (κ1) is 20.3. The number of nitrogens with one attached hydrogen (secondary N) is 1. The summed E-state index contributed by atoms with van der Waals surface area (Å²) < 4.78 is 0. The fourth-order valence-corrected chi connectivity index (χ4v) is 2.99. The van der Waals surface area contributed by atoms with Crippen LogP contribution in [-0.2, 0) is 0 Å². The lowest BCUT2D eigenvalue weighted by Crippen LogP contribution is -2.45. The van der Waals surface area contributed by atoms with E-state index in [0.29, 0.717) is 10.9 Å². The number of benzene rings is 1. The molecule has 0 radical (unpaired) electrons. The normalized spacial score (nSPS) is 14.5. The zero-order valence-electron chi connectivity index (χ0n) is 15.6. The van der Waals surface area contributed by atoms with Crippen LogP contribution in [0.4, 0.5) is 5.82 Å². The van der Waals surface area contributed by atoms with E-state index in [0.717, 1.165) is 42.9 Å². The van der Waals surface area contributed by atoms with Gasteiger partial charge in [0.05, 0.1) is 11.7 Å². The van der Waals surface area contributed by atoms with E-state index in [2.05, 4.69) is 32.0 Å². The van der Waals surface area contributed by atoms with Crippen LogP contribution in [0, 0.1) is 0 Å². The van der Waals surface area contributed by atoms with E-state index in [1.807, 2.05) is 12.1 Å². The molecule has 11 heteroatoms. The molecule has 2 aromatic heterocycles. The Bertz CT molecular complexity index is 883. The van der Waals surface area contributed by atoms with E-state index < -0.39 is 14.2 Å². The Morgan fingerprint density at radius 3 is 2.29 bits per heavy atom. The number of anilines is 1. The first-order chi connectivity index (χ1) is 13.5. The van der Waals surface area contributed by atoms with Gasteiger partial charge in [-0.25, -0.2) is 4.98 Å². The summed E-state index contributed by atoms with van der Waals surface area (Å²) >= 11 is 0. The van der Waals surface area contributed by atoms with Crippen LogP contribution in [0.25, 0.3) is 10.9 Å². The molecule has 0 bridgehead atoms. The molecular formula is C17H23B2N5O4. The van der Waals surface area contributed by atoms with Gasteiger partial charge in [0.1, 0.15) is 5.82 Å². The second-order valence-electron chi connectivity index (χ2n) is 6.67. The molecule has 1 aromatic carbocycles. The van der Waals surface area contributed by atoms with E-state index in [4.69, 9.17) is 20.1 Å². The van der Waals surface area contributed by atoms with Crippen LogP contribution in [0.1, 0.15) is 0 Å². The molecule has 0 spiro atoms. The van der Waals surface area contributed by atoms with Crippen LogP contribution in [0.2, 0.25) is 0 Å². The zero-order valence-corrected chi connectivity index (χ0v) is 15.6. The fraction of sp³-hybridized carbons (Fsp3) is 0.294. The van der Waals surface area contributed by atoms with E-state index in [1.54, 1.807) is 24.4 Å². The standard InChI is InChI=1S/C10H16BN3O2.C7H7BN2O2/c1-13-4-6-14(7-5-13)10-3-2-9(8-12-10)11(15)16;11-8(12)6-2-1-3-7-5(6)4-9-10-7/h2-3,8,15-16H,4-7H2,1H3;1-4,11-12H,(H,9,10). The highest BCUT2D eigenvalue weighted by molar-refractivity contribution is 6.61. The van der Waals surface area contributed by atoms with Crippen LogP contribution in [-0.4, -0.2) is 87.6 Å². The Balaban J connectivity index is 0.000000167. The number of piperazine rings is 1. The molecular weight excluding hydrogens is 360 g/mol. The highest BCUT2D eigenvalue weighted by Gasteiger charge is 2.17. The fourth-order valence-electron chi connectivity index (χ4n) is 2.99. The monoisotopic (exact) mass is 383 g/mol. The van der Waals surface area contributed by atoms with E-state index in [9.17, 15) is 0 Å². The lowest BCUT2D eigenvalue weighted by molar-refractivity contribution is 0.312. The van der Waals surface area contributed by atoms with Crippen molar-refractivity contribution < 1.29 is 20.1 Å². The first-order valence-corrected chi connectivity index (χ1v) is 8.99. The van der Waals surface area contributed by atoms with Gasteiger partial charge in [0, 0.05) is 43.2 Å². The van der Waals surface area contributed by atoms with Crippen molar-refractivity contribution in [3.63, 3.8) is 0 Å². The Labute approximate surface area is 163 Å². The molecule has 0 amide bonds. The van der Waals surface area contributed by atoms with Gasteiger partial charge in [0.2, 0.25) is 0 Å². The Hall–Kier alpha value is -2.43. The average Bonchev–Trinajstić information content (AvgIpc) is 3.18. The second-order valence-corrected chi connectivity index (χ2v) is 6.67. The largest absolute Gasteiger partial charge is 0.490 e. The predicted octanol–water partition coefficient (Wildman–Crippen LogP) is -2.24. The van der Waals surface area contributed by atoms with Crippen molar-refractivity contribution in [3.05, 3.63) is 42.7 Å². The topological polar surface area (TPSA) is 129 Å². The van der Waals surface area contributed by atoms with Crippen LogP contribution in [0.5, 0.6) is 0 Å². The number of likely N-dealkylation sites (N-methyl/N-ethyl adjacent to an activating group) is 1. The van der Waals surface area contributed by atoms with Crippen LogP contribution >= 0.6 is 0 Å². The minimum absolute atomic E-state index is 0.429. The summed E-state index contributed by atoms with van der Waals surface area (Å²) in [5.74, 6) is 0.900. The summed E-state index contributed by atoms with van der Waals surface area (Å²) in [6, 6.07) is 8.76. The van der Waals surface area contributed by atoms with Crippen molar-refractivity contribution in [3.8, 4) is 0 Å². The molecule has 9 nitrogen and oxygen atoms in total. The number of rotatable bonds is 3. The van der Waals surface area contributed by atoms with Crippen LogP contribution in [0.3, 0.4) is 0 Å². The number of fused-ring (bicyclic) bond motifs is 1. The van der Waals surface area contributed by atoms with Crippen molar-refractivity contribution in [2.45, 2.75) is 0 Å². The molecule has 146 valence electrons. The van der Waals surface area contributed by atoms with E-state index >= 15 is 0 Å². The number of pyridine rings is 1. The van der Waals surface area contributed by atoms with Gasteiger partial charge in [0.25, 0.3) is 0 Å². The SMILES string of the molecule is CN1CCN(c2ccc(B(O)O)cn2)CC1.OB(O)c1cccc2[nH]ncc12. The lowest BCUT2D eigenvalue weighted by Gasteiger charge is -2.33. The maximum absolute atomic E-state index is 8.95. The Morgan fingerprint density at radius 2 is 1.68 bits per heavy atom. The van der Waals surface area contributed by atoms with Gasteiger partial charge in [-0.3, -0.25) is 5.10 Å². The smallest absolute Gasteiger partial charge is 0.423 e. The minimum atomic E-state index is -1.44. The predicted molar refractivity (Wildman–Crippen MR) is 110 cm³/mol. The molecule has 28 heavy (non-hydrogen) atoms. The number of hydrogen-bond acceptors (Lipinski definition) is 8. The van der Waals surface area contributed by atoms with Gasteiger partial charge < -0.3 is 29.9 Å². The number of H-pyrrole nitrogens is 1. The zero-order chi connectivity index (χ0) is 20.1. The van der Waals surface area contributed by atoms with Crippen molar-refractivity contribution in [2.75, 3.05) is 38.1 Å². The van der Waals surface area contributed by atoms with E-state index in [1.165, 1.54) is 6.20 Å². The minimum Gasteiger partial charge on any atom is -0.423 e. The van der Waals surface area contributed by atoms with Gasteiger partial charge >= 0.3 is 14.2 Å². The van der Waals surface area contributed by atoms with Crippen molar-refractivity contribution in [1.29, 1.82) is 0 Å². The van der Waals surface area contributed by atoms with Crippen molar-refractivity contribution >= 4 is 41.9 Å². The molecule has 3 aromatic rings. The third kappa shape index (κ3) is 4.89. The first-order valence-electron chi connectivity index (χ1n) is 8.99. The molecule has 0 atom stereocenters. The summed E-state index contributed by atoms with van der Waals surface area (Å²) in [6.45, 7) is 3.99. The highest BCUT2D eigenvalue weighted by atomic mass is 16.4. The van der Waals surface area contributed by atoms with Gasteiger partial charge in [-0.05, 0) is 24.6 Å². The Kier molecular flexibility index (Phi) is 6.65. The second kappa shape index (κ2) is 9.18. The van der Waals surface area contributed by atoms with Gasteiger partial charge in [-0.1, -0.05) is 18.2 Å². The number of nitrogens with zero attached hydrogens (tertiary/aromatic N) is 4. The summed E-state index contributed by atoms with van der Waals surface area (Å²) in [5.41, 5.74) is 1.71. The van der Waals surface area contributed by atoms with Crippen LogP contribution in [0.15, 0.2) is 42.7 Å². The maximum atomic E-state index is 8.95. The third-order valence-corrected chi connectivity index (χ3v) is 4.69. The summed E-state index contributed by atoms with van der Waals surface area (Å²) in [5, 5.41) is 43.1. The molecule has 0 aliphatic carbocycles. The van der Waals surface area contributed by atoms with E-state index in [-0.39, 0.29) is 0 Å². The quantitative estimate of drug-likeness (QED) is 0.321. The molecule has 4 rings (SSSR count). The van der Waals surface area contributed by atoms with Crippen molar-refractivity contribution in [1.82, 2.24) is 20.1 Å². The molecule has 3 heterocycles. The molecule has 1 fully saturated rings. The summed E-state index contributed by atoms with van der Waals surface area (Å²) in [4.78, 5) is 8.72. The molecule has 1 saturated heterocycles. The molecule has 1 aliphatic heterocycles. The molecule has 0 saturated carbocycles. The number of aromatic amines is 1. The van der Waals surface area contributed by atoms with Gasteiger partial charge in [-0.2, -0.15) is 5.10 Å². The van der Waals surface area contributed by atoms with Gasteiger partial charge in [-0.15, -0.1) is 0 Å².